The van der Waals surface area contributed by atoms with Crippen molar-refractivity contribution in [3.63, 3.8) is 0 Å². The number of thioether (sulfide) groups is 1. The largest absolute Gasteiger partial charge is 0.481 e. The molecule has 1 saturated heterocycles. The summed E-state index contributed by atoms with van der Waals surface area (Å²) in [5, 5.41) is 9.01. The highest BCUT2D eigenvalue weighted by Crippen LogP contribution is 2.53. The van der Waals surface area contributed by atoms with E-state index in [2.05, 4.69) is 0 Å². The topological polar surface area (TPSA) is 66.8 Å². The Morgan fingerprint density at radius 1 is 1.33 bits per heavy atom. The van der Waals surface area contributed by atoms with Crippen LogP contribution < -0.4 is 0 Å². The minimum Gasteiger partial charge on any atom is -0.481 e. The summed E-state index contributed by atoms with van der Waals surface area (Å²) in [6, 6.07) is 9.54. The van der Waals surface area contributed by atoms with Gasteiger partial charge in [0.25, 0.3) is 0 Å². The van der Waals surface area contributed by atoms with Crippen molar-refractivity contribution in [1.82, 2.24) is 4.90 Å². The first kappa shape index (κ1) is 14.3. The van der Waals surface area contributed by atoms with Crippen LogP contribution in [0.2, 0.25) is 0 Å². The number of benzene rings is 1. The average molecular weight is 307 g/mol. The van der Waals surface area contributed by atoms with Gasteiger partial charge in [0.1, 0.15) is 6.61 Å². The number of aliphatic carboxylic acids is 1. The summed E-state index contributed by atoms with van der Waals surface area (Å²) in [5.74, 6) is -0.266. The molecule has 2 aliphatic rings. The number of rotatable bonds is 3. The lowest BCUT2D eigenvalue weighted by molar-refractivity contribution is -0.147. The van der Waals surface area contributed by atoms with E-state index in [1.54, 1.807) is 16.7 Å². The second-order valence-electron chi connectivity index (χ2n) is 5.43. The Morgan fingerprint density at radius 2 is 2.05 bits per heavy atom. The smallest absolute Gasteiger partial charge is 0.411 e. The molecule has 1 spiro atoms. The molecule has 0 radical (unpaired) electrons. The molecule has 1 heterocycles. The number of hydrogen-bond acceptors (Lipinski definition) is 4. The number of nitrogens with zero attached hydrogens (tertiary/aromatic N) is 1. The molecule has 2 fully saturated rings. The Morgan fingerprint density at radius 3 is 2.71 bits per heavy atom. The van der Waals surface area contributed by atoms with Gasteiger partial charge in [-0.15, -0.1) is 11.8 Å². The van der Waals surface area contributed by atoms with Crippen LogP contribution in [-0.2, 0) is 16.1 Å². The second kappa shape index (κ2) is 5.60. The van der Waals surface area contributed by atoms with Gasteiger partial charge in [-0.3, -0.25) is 9.69 Å². The molecule has 0 bridgehead atoms. The van der Waals surface area contributed by atoms with Crippen molar-refractivity contribution in [2.45, 2.75) is 24.3 Å². The third-order valence-electron chi connectivity index (χ3n) is 4.08. The van der Waals surface area contributed by atoms with E-state index in [0.717, 1.165) is 11.3 Å². The van der Waals surface area contributed by atoms with Crippen molar-refractivity contribution in [3.05, 3.63) is 35.9 Å². The molecule has 0 unspecified atom stereocenters. The SMILES string of the molecule is O=C(O)C1CC2(C1)SCCN2C(=O)OCc1ccccc1. The van der Waals surface area contributed by atoms with Crippen LogP contribution in [0.1, 0.15) is 18.4 Å². The van der Waals surface area contributed by atoms with Gasteiger partial charge in [-0.05, 0) is 18.4 Å². The van der Waals surface area contributed by atoms with Gasteiger partial charge in [-0.2, -0.15) is 0 Å². The molecular formula is C15H17NO4S. The van der Waals surface area contributed by atoms with Crippen LogP contribution in [-0.4, -0.2) is 39.2 Å². The van der Waals surface area contributed by atoms with Crippen molar-refractivity contribution in [2.75, 3.05) is 12.3 Å². The van der Waals surface area contributed by atoms with Crippen molar-refractivity contribution in [1.29, 1.82) is 0 Å². The summed E-state index contributed by atoms with van der Waals surface area (Å²) in [4.78, 5) is 24.6. The molecule has 1 amide bonds. The molecule has 0 atom stereocenters. The number of carbonyl (C=O) groups excluding carboxylic acids is 1. The maximum atomic E-state index is 12.2. The fraction of sp³-hybridized carbons (Fsp3) is 0.467. The number of carboxylic acids is 1. The highest BCUT2D eigenvalue weighted by atomic mass is 32.2. The monoisotopic (exact) mass is 307 g/mol. The van der Waals surface area contributed by atoms with Gasteiger partial charge < -0.3 is 9.84 Å². The van der Waals surface area contributed by atoms with Crippen LogP contribution in [0.5, 0.6) is 0 Å². The maximum Gasteiger partial charge on any atom is 0.411 e. The zero-order valence-electron chi connectivity index (χ0n) is 11.5. The van der Waals surface area contributed by atoms with E-state index in [1.807, 2.05) is 30.3 Å². The number of ether oxygens (including phenoxy) is 1. The lowest BCUT2D eigenvalue weighted by Gasteiger charge is -2.47. The van der Waals surface area contributed by atoms with E-state index in [1.165, 1.54) is 0 Å². The number of carbonyl (C=O) groups is 2. The van der Waals surface area contributed by atoms with Crippen LogP contribution in [0.15, 0.2) is 30.3 Å². The Labute approximate surface area is 127 Å². The lowest BCUT2D eigenvalue weighted by Crippen LogP contribution is -2.55. The van der Waals surface area contributed by atoms with Crippen LogP contribution in [0.3, 0.4) is 0 Å². The van der Waals surface area contributed by atoms with Crippen molar-refractivity contribution in [2.24, 2.45) is 5.92 Å². The fourth-order valence-corrected chi connectivity index (χ4v) is 4.50. The molecule has 112 valence electrons. The maximum absolute atomic E-state index is 12.2. The summed E-state index contributed by atoms with van der Waals surface area (Å²) < 4.78 is 5.37. The standard InChI is InChI=1S/C15H17NO4S/c17-13(18)12-8-15(9-12)16(6-7-21-15)14(19)20-10-11-4-2-1-3-5-11/h1-5,12H,6-10H2,(H,17,18). The molecule has 1 saturated carbocycles. The molecule has 5 nitrogen and oxygen atoms in total. The molecule has 1 aromatic carbocycles. The highest BCUT2D eigenvalue weighted by Gasteiger charge is 2.56. The zero-order valence-corrected chi connectivity index (χ0v) is 12.3. The minimum absolute atomic E-state index is 0.249. The van der Waals surface area contributed by atoms with Crippen molar-refractivity contribution in [3.8, 4) is 0 Å². The molecule has 1 N–H and O–H groups in total. The lowest BCUT2D eigenvalue weighted by atomic mass is 9.78. The van der Waals surface area contributed by atoms with E-state index in [4.69, 9.17) is 9.84 Å². The van der Waals surface area contributed by atoms with E-state index in [-0.39, 0.29) is 23.5 Å². The van der Waals surface area contributed by atoms with Crippen LogP contribution in [0.25, 0.3) is 0 Å². The predicted octanol–water partition coefficient (Wildman–Crippen LogP) is 2.56. The predicted molar refractivity (Wildman–Crippen MR) is 78.9 cm³/mol. The summed E-state index contributed by atoms with van der Waals surface area (Å²) in [5.41, 5.74) is 0.948. The normalized spacial score (nSPS) is 27.4. The highest BCUT2D eigenvalue weighted by molar-refractivity contribution is 8.00. The number of carboxylic acid groups (broad SMARTS) is 1. The summed E-state index contributed by atoms with van der Waals surface area (Å²) in [6.45, 7) is 0.879. The molecule has 0 aromatic heterocycles. The molecule has 1 aliphatic heterocycles. The van der Waals surface area contributed by atoms with E-state index >= 15 is 0 Å². The third-order valence-corrected chi connectivity index (χ3v) is 5.56. The number of hydrogen-bond donors (Lipinski definition) is 1. The first-order chi connectivity index (χ1) is 10.1. The van der Waals surface area contributed by atoms with Crippen molar-refractivity contribution < 1.29 is 19.4 Å². The van der Waals surface area contributed by atoms with Crippen LogP contribution in [0.4, 0.5) is 4.79 Å². The minimum atomic E-state index is -0.772. The van der Waals surface area contributed by atoms with Gasteiger partial charge in [0.05, 0.1) is 10.8 Å². The molecule has 1 aromatic rings. The van der Waals surface area contributed by atoms with Gasteiger partial charge >= 0.3 is 12.1 Å². The Balaban J connectivity index is 1.58. The van der Waals surface area contributed by atoms with Crippen molar-refractivity contribution >= 4 is 23.8 Å². The van der Waals surface area contributed by atoms with Crippen LogP contribution >= 0.6 is 11.8 Å². The van der Waals surface area contributed by atoms with Crippen LogP contribution in [0, 0.1) is 5.92 Å². The van der Waals surface area contributed by atoms with E-state index < -0.39 is 5.97 Å². The molecule has 6 heteroatoms. The summed E-state index contributed by atoms with van der Waals surface area (Å²) >= 11 is 1.67. The molecule has 21 heavy (non-hydrogen) atoms. The van der Waals surface area contributed by atoms with Gasteiger partial charge in [-0.1, -0.05) is 30.3 Å². The second-order valence-corrected chi connectivity index (χ2v) is 6.89. The van der Waals surface area contributed by atoms with Gasteiger partial charge in [0.2, 0.25) is 0 Å². The molecule has 1 aliphatic carbocycles. The van der Waals surface area contributed by atoms with Gasteiger partial charge in [0, 0.05) is 12.3 Å². The third kappa shape index (κ3) is 2.72. The first-order valence-electron chi connectivity index (χ1n) is 6.96. The quantitative estimate of drug-likeness (QED) is 0.929. The Bertz CT molecular complexity index is 542. The van der Waals surface area contributed by atoms with Gasteiger partial charge in [-0.25, -0.2) is 4.79 Å². The molecular weight excluding hydrogens is 290 g/mol. The Hall–Kier alpha value is -1.69. The number of amides is 1. The average Bonchev–Trinajstić information content (AvgIpc) is 2.89. The van der Waals surface area contributed by atoms with E-state index in [9.17, 15) is 9.59 Å². The van der Waals surface area contributed by atoms with Gasteiger partial charge in [0.15, 0.2) is 0 Å². The zero-order chi connectivity index (χ0) is 14.9. The summed E-state index contributed by atoms with van der Waals surface area (Å²) in [6.07, 6.45) is 0.702. The Kier molecular flexibility index (Phi) is 3.80. The fourth-order valence-electron chi connectivity index (χ4n) is 2.89. The summed E-state index contributed by atoms with van der Waals surface area (Å²) in [7, 11) is 0. The molecule has 3 rings (SSSR count). The first-order valence-corrected chi connectivity index (χ1v) is 7.94. The van der Waals surface area contributed by atoms with E-state index in [0.29, 0.717) is 19.4 Å².